The van der Waals surface area contributed by atoms with E-state index in [9.17, 15) is 4.79 Å². The summed E-state index contributed by atoms with van der Waals surface area (Å²) in [7, 11) is 0. The standard InChI is InChI=1S/C13H27NO/c1-6-11(4)9-10-13(5,8-3)14-12(15)7-2/h11H,6-10H2,1-5H3,(H,14,15). The summed E-state index contributed by atoms with van der Waals surface area (Å²) >= 11 is 0. The van der Waals surface area contributed by atoms with Crippen LogP contribution in [0.2, 0.25) is 0 Å². The zero-order valence-corrected chi connectivity index (χ0v) is 11.0. The van der Waals surface area contributed by atoms with E-state index in [-0.39, 0.29) is 11.4 Å². The lowest BCUT2D eigenvalue weighted by molar-refractivity contribution is -0.122. The molecule has 0 bridgehead atoms. The van der Waals surface area contributed by atoms with Gasteiger partial charge in [-0.1, -0.05) is 34.1 Å². The van der Waals surface area contributed by atoms with Gasteiger partial charge in [0.15, 0.2) is 0 Å². The van der Waals surface area contributed by atoms with E-state index in [1.54, 1.807) is 0 Å². The van der Waals surface area contributed by atoms with E-state index in [1.807, 2.05) is 6.92 Å². The monoisotopic (exact) mass is 213 g/mol. The largest absolute Gasteiger partial charge is 0.351 e. The van der Waals surface area contributed by atoms with Crippen LogP contribution in [0, 0.1) is 5.92 Å². The molecule has 0 aliphatic carbocycles. The van der Waals surface area contributed by atoms with Crippen molar-refractivity contribution in [3.63, 3.8) is 0 Å². The maximum atomic E-state index is 11.4. The fraction of sp³-hybridized carbons (Fsp3) is 0.923. The van der Waals surface area contributed by atoms with Gasteiger partial charge in [0.1, 0.15) is 0 Å². The van der Waals surface area contributed by atoms with Gasteiger partial charge < -0.3 is 5.32 Å². The molecule has 2 nitrogen and oxygen atoms in total. The molecule has 15 heavy (non-hydrogen) atoms. The third-order valence-corrected chi connectivity index (χ3v) is 3.43. The summed E-state index contributed by atoms with van der Waals surface area (Å²) in [6, 6.07) is 0. The van der Waals surface area contributed by atoms with E-state index in [0.29, 0.717) is 6.42 Å². The minimum absolute atomic E-state index is 0.00345. The maximum Gasteiger partial charge on any atom is 0.220 e. The molecule has 2 atom stereocenters. The molecule has 0 radical (unpaired) electrons. The Morgan fingerprint density at radius 2 is 1.93 bits per heavy atom. The molecule has 2 unspecified atom stereocenters. The van der Waals surface area contributed by atoms with Gasteiger partial charge >= 0.3 is 0 Å². The predicted molar refractivity (Wildman–Crippen MR) is 65.8 cm³/mol. The molecule has 0 aromatic heterocycles. The van der Waals surface area contributed by atoms with Gasteiger partial charge in [-0.25, -0.2) is 0 Å². The summed E-state index contributed by atoms with van der Waals surface area (Å²) < 4.78 is 0. The molecule has 0 aromatic carbocycles. The average Bonchev–Trinajstić information content (AvgIpc) is 2.25. The Morgan fingerprint density at radius 1 is 1.33 bits per heavy atom. The fourth-order valence-electron chi connectivity index (χ4n) is 1.52. The zero-order valence-electron chi connectivity index (χ0n) is 11.0. The molecule has 1 N–H and O–H groups in total. The van der Waals surface area contributed by atoms with Crippen LogP contribution in [-0.2, 0) is 4.79 Å². The summed E-state index contributed by atoms with van der Waals surface area (Å²) in [5, 5.41) is 3.13. The Morgan fingerprint density at radius 3 is 2.33 bits per heavy atom. The topological polar surface area (TPSA) is 29.1 Å². The van der Waals surface area contributed by atoms with E-state index in [4.69, 9.17) is 0 Å². The number of carbonyl (C=O) groups is 1. The Labute approximate surface area is 94.8 Å². The summed E-state index contributed by atoms with van der Waals surface area (Å²) in [6.07, 6.45) is 5.10. The van der Waals surface area contributed by atoms with Gasteiger partial charge in [0.25, 0.3) is 0 Å². The second-order valence-electron chi connectivity index (χ2n) is 4.87. The Bertz CT molecular complexity index is 191. The number of amides is 1. The second kappa shape index (κ2) is 6.86. The number of rotatable bonds is 7. The van der Waals surface area contributed by atoms with Gasteiger partial charge in [-0.05, 0) is 32.1 Å². The molecule has 0 rings (SSSR count). The van der Waals surface area contributed by atoms with Crippen molar-refractivity contribution in [2.75, 3.05) is 0 Å². The Hall–Kier alpha value is -0.530. The lowest BCUT2D eigenvalue weighted by atomic mass is 9.88. The molecule has 2 heteroatoms. The van der Waals surface area contributed by atoms with Crippen LogP contribution in [0.4, 0.5) is 0 Å². The van der Waals surface area contributed by atoms with Crippen molar-refractivity contribution >= 4 is 5.91 Å². The van der Waals surface area contributed by atoms with Crippen molar-refractivity contribution in [2.24, 2.45) is 5.92 Å². The normalized spacial score (nSPS) is 16.9. The second-order valence-corrected chi connectivity index (χ2v) is 4.87. The Balaban J connectivity index is 4.12. The lowest BCUT2D eigenvalue weighted by Gasteiger charge is -2.30. The van der Waals surface area contributed by atoms with Crippen molar-refractivity contribution in [1.29, 1.82) is 0 Å². The lowest BCUT2D eigenvalue weighted by Crippen LogP contribution is -2.45. The van der Waals surface area contributed by atoms with Crippen LogP contribution < -0.4 is 5.32 Å². The van der Waals surface area contributed by atoms with Crippen molar-refractivity contribution in [1.82, 2.24) is 5.32 Å². The minimum Gasteiger partial charge on any atom is -0.351 e. The molecule has 0 spiro atoms. The van der Waals surface area contributed by atoms with E-state index >= 15 is 0 Å². The number of hydrogen-bond acceptors (Lipinski definition) is 1. The molecule has 0 aromatic rings. The van der Waals surface area contributed by atoms with Crippen LogP contribution in [0.15, 0.2) is 0 Å². The van der Waals surface area contributed by atoms with Crippen molar-refractivity contribution < 1.29 is 4.79 Å². The third kappa shape index (κ3) is 5.81. The van der Waals surface area contributed by atoms with Crippen molar-refractivity contribution in [3.05, 3.63) is 0 Å². The van der Waals surface area contributed by atoms with Crippen LogP contribution in [0.3, 0.4) is 0 Å². The third-order valence-electron chi connectivity index (χ3n) is 3.43. The smallest absolute Gasteiger partial charge is 0.220 e. The van der Waals surface area contributed by atoms with E-state index in [1.165, 1.54) is 12.8 Å². The molecule has 1 amide bonds. The highest BCUT2D eigenvalue weighted by Gasteiger charge is 2.23. The highest BCUT2D eigenvalue weighted by Crippen LogP contribution is 2.21. The number of carbonyl (C=O) groups excluding carboxylic acids is 1. The van der Waals surface area contributed by atoms with Crippen LogP contribution in [0.25, 0.3) is 0 Å². The van der Waals surface area contributed by atoms with Crippen LogP contribution in [0.1, 0.15) is 66.7 Å². The van der Waals surface area contributed by atoms with Crippen molar-refractivity contribution in [2.45, 2.75) is 72.3 Å². The molecule has 0 aliphatic heterocycles. The first-order valence-electron chi connectivity index (χ1n) is 6.28. The molecule has 90 valence electrons. The number of nitrogens with one attached hydrogen (secondary N) is 1. The molecular formula is C13H27NO. The zero-order chi connectivity index (χ0) is 11.9. The van der Waals surface area contributed by atoms with E-state index in [2.05, 4.69) is 33.0 Å². The molecule has 0 fully saturated rings. The quantitative estimate of drug-likeness (QED) is 0.689. The molecule has 0 aliphatic rings. The first-order valence-corrected chi connectivity index (χ1v) is 6.28. The minimum atomic E-state index is -0.00345. The molecule has 0 heterocycles. The fourth-order valence-corrected chi connectivity index (χ4v) is 1.52. The van der Waals surface area contributed by atoms with Gasteiger partial charge in [0, 0.05) is 12.0 Å². The average molecular weight is 213 g/mol. The molecule has 0 saturated carbocycles. The van der Waals surface area contributed by atoms with Gasteiger partial charge in [0.2, 0.25) is 5.91 Å². The maximum absolute atomic E-state index is 11.4. The molecule has 0 saturated heterocycles. The highest BCUT2D eigenvalue weighted by atomic mass is 16.1. The van der Waals surface area contributed by atoms with Crippen LogP contribution in [-0.4, -0.2) is 11.4 Å². The SMILES string of the molecule is CCC(=O)NC(C)(CC)CCC(C)CC. The van der Waals surface area contributed by atoms with Gasteiger partial charge in [0.05, 0.1) is 0 Å². The van der Waals surface area contributed by atoms with E-state index in [0.717, 1.165) is 18.8 Å². The first kappa shape index (κ1) is 14.5. The Kier molecular flexibility index (Phi) is 6.62. The number of hydrogen-bond donors (Lipinski definition) is 1. The van der Waals surface area contributed by atoms with Gasteiger partial charge in [-0.15, -0.1) is 0 Å². The van der Waals surface area contributed by atoms with Crippen LogP contribution in [0.5, 0.6) is 0 Å². The predicted octanol–water partition coefficient (Wildman–Crippen LogP) is 3.51. The summed E-state index contributed by atoms with van der Waals surface area (Å²) in [6.45, 7) is 10.7. The molecular weight excluding hydrogens is 186 g/mol. The highest BCUT2D eigenvalue weighted by molar-refractivity contribution is 5.76. The summed E-state index contributed by atoms with van der Waals surface area (Å²) in [4.78, 5) is 11.4. The van der Waals surface area contributed by atoms with Crippen LogP contribution >= 0.6 is 0 Å². The first-order chi connectivity index (χ1) is 6.97. The van der Waals surface area contributed by atoms with Crippen molar-refractivity contribution in [3.8, 4) is 0 Å². The van der Waals surface area contributed by atoms with Gasteiger partial charge in [-0.3, -0.25) is 4.79 Å². The summed E-state index contributed by atoms with van der Waals surface area (Å²) in [5.74, 6) is 0.929. The summed E-state index contributed by atoms with van der Waals surface area (Å²) in [5.41, 5.74) is -0.00345. The van der Waals surface area contributed by atoms with Gasteiger partial charge in [-0.2, -0.15) is 0 Å². The van der Waals surface area contributed by atoms with E-state index < -0.39 is 0 Å².